The van der Waals surface area contributed by atoms with Gasteiger partial charge >= 0.3 is 0 Å². The number of nitrogens with one attached hydrogen (secondary N) is 1. The van der Waals surface area contributed by atoms with E-state index in [1.165, 1.54) is 11.8 Å². The highest BCUT2D eigenvalue weighted by Crippen LogP contribution is 2.41. The van der Waals surface area contributed by atoms with Gasteiger partial charge in [0.15, 0.2) is 0 Å². The Morgan fingerprint density at radius 1 is 1.03 bits per heavy atom. The van der Waals surface area contributed by atoms with Crippen LogP contribution in [0.2, 0.25) is 0 Å². The quantitative estimate of drug-likeness (QED) is 0.406. The Balaban J connectivity index is 1.44. The van der Waals surface area contributed by atoms with E-state index in [2.05, 4.69) is 4.98 Å². The largest absolute Gasteiger partial charge is 0.489 e. The number of benzene rings is 3. The minimum absolute atomic E-state index is 0.0968. The molecule has 0 radical (unpaired) electrons. The molecule has 3 nitrogen and oxygen atoms in total. The molecule has 0 fully saturated rings. The number of carbonyl (C=O) groups excluding carboxylic acids is 1. The predicted octanol–water partition coefficient (Wildman–Crippen LogP) is 6.38. The predicted molar refractivity (Wildman–Crippen MR) is 118 cm³/mol. The molecule has 1 N–H and O–H groups in total. The van der Waals surface area contributed by atoms with Gasteiger partial charge in [0.2, 0.25) is 5.78 Å². The van der Waals surface area contributed by atoms with Gasteiger partial charge in [0.1, 0.15) is 12.4 Å². The Kier molecular flexibility index (Phi) is 4.49. The Bertz CT molecular complexity index is 1250. The van der Waals surface area contributed by atoms with Crippen LogP contribution in [0.1, 0.15) is 27.0 Å². The van der Waals surface area contributed by atoms with Crippen molar-refractivity contribution in [1.82, 2.24) is 4.98 Å². The molecule has 1 aliphatic heterocycles. The summed E-state index contributed by atoms with van der Waals surface area (Å²) in [5.74, 6) is 0.907. The van der Waals surface area contributed by atoms with E-state index in [0.29, 0.717) is 6.61 Å². The van der Waals surface area contributed by atoms with Gasteiger partial charge in [-0.3, -0.25) is 4.79 Å². The van der Waals surface area contributed by atoms with E-state index in [1.807, 2.05) is 85.9 Å². The molecule has 142 valence electrons. The molecule has 3 aromatic carbocycles. The third kappa shape index (κ3) is 3.47. The molecular formula is C25H19NO2S. The lowest BCUT2D eigenvalue weighted by atomic mass is 10.1. The Morgan fingerprint density at radius 3 is 2.76 bits per heavy atom. The zero-order valence-electron chi connectivity index (χ0n) is 15.9. The summed E-state index contributed by atoms with van der Waals surface area (Å²) >= 11 is 1.54. The van der Waals surface area contributed by atoms with Crippen molar-refractivity contribution in [1.29, 1.82) is 0 Å². The molecule has 0 bridgehead atoms. The van der Waals surface area contributed by atoms with Crippen LogP contribution < -0.4 is 4.74 Å². The lowest BCUT2D eigenvalue weighted by molar-refractivity contribution is 0.104. The van der Waals surface area contributed by atoms with Crippen LogP contribution in [-0.4, -0.2) is 10.8 Å². The second-order valence-electron chi connectivity index (χ2n) is 7.17. The number of thioether (sulfide) groups is 1. The molecule has 1 aliphatic rings. The Labute approximate surface area is 173 Å². The van der Waals surface area contributed by atoms with Gasteiger partial charge in [-0.25, -0.2) is 0 Å². The maximum atomic E-state index is 12.8. The van der Waals surface area contributed by atoms with Crippen LogP contribution in [0.4, 0.5) is 0 Å². The van der Waals surface area contributed by atoms with Crippen LogP contribution in [0, 0.1) is 6.92 Å². The van der Waals surface area contributed by atoms with Gasteiger partial charge < -0.3 is 9.72 Å². The number of hydrogen-bond donors (Lipinski definition) is 1. The van der Waals surface area contributed by atoms with Gasteiger partial charge in [-0.2, -0.15) is 0 Å². The van der Waals surface area contributed by atoms with E-state index < -0.39 is 0 Å². The van der Waals surface area contributed by atoms with E-state index in [9.17, 15) is 4.79 Å². The molecule has 2 heterocycles. The normalized spacial score (nSPS) is 14.5. The minimum atomic E-state index is 0.0968. The molecule has 1 aromatic heterocycles. The number of aromatic nitrogens is 1. The zero-order chi connectivity index (χ0) is 19.8. The number of carbonyl (C=O) groups is 1. The average molecular weight is 397 g/mol. The molecule has 0 spiro atoms. The number of ketones is 1. The van der Waals surface area contributed by atoms with Crippen molar-refractivity contribution in [2.24, 2.45) is 0 Å². The summed E-state index contributed by atoms with van der Waals surface area (Å²) in [6.45, 7) is 2.53. The highest BCUT2D eigenvalue weighted by Gasteiger charge is 2.26. The summed E-state index contributed by atoms with van der Waals surface area (Å²) in [5.41, 5.74) is 5.04. The first-order chi connectivity index (χ1) is 14.2. The number of hydrogen-bond acceptors (Lipinski definition) is 3. The van der Waals surface area contributed by atoms with E-state index >= 15 is 0 Å². The molecule has 4 aromatic rings. The van der Waals surface area contributed by atoms with Crippen molar-refractivity contribution in [3.05, 3.63) is 100 Å². The highest BCUT2D eigenvalue weighted by molar-refractivity contribution is 8.04. The number of rotatable bonds is 4. The van der Waals surface area contributed by atoms with E-state index in [-0.39, 0.29) is 5.78 Å². The van der Waals surface area contributed by atoms with E-state index in [1.54, 1.807) is 0 Å². The van der Waals surface area contributed by atoms with Crippen molar-refractivity contribution in [2.75, 3.05) is 0 Å². The van der Waals surface area contributed by atoms with Crippen molar-refractivity contribution in [2.45, 2.75) is 18.4 Å². The number of Topliss-reactive ketones (excluding diaryl/α,β-unsaturated/α-hetero) is 1. The molecule has 4 heteroatoms. The van der Waals surface area contributed by atoms with Crippen LogP contribution in [0.3, 0.4) is 0 Å². The van der Waals surface area contributed by atoms with Gasteiger partial charge in [-0.1, -0.05) is 53.7 Å². The third-order valence-corrected chi connectivity index (χ3v) is 6.14. The maximum Gasteiger partial charge on any atom is 0.200 e. The van der Waals surface area contributed by atoms with Crippen LogP contribution >= 0.6 is 11.8 Å². The van der Waals surface area contributed by atoms with Gasteiger partial charge in [-0.15, -0.1) is 0 Å². The lowest BCUT2D eigenvalue weighted by Gasteiger charge is -2.06. The van der Waals surface area contributed by atoms with E-state index in [0.717, 1.165) is 48.7 Å². The van der Waals surface area contributed by atoms with Gasteiger partial charge in [0, 0.05) is 33.1 Å². The SMILES string of the molecule is Cc1ccc2c(c1)C(=O)C(=Cc1c[nH]c3ccc(OCc4ccccc4)cc13)S2. The Morgan fingerprint density at radius 2 is 1.90 bits per heavy atom. The zero-order valence-corrected chi connectivity index (χ0v) is 16.8. The fourth-order valence-electron chi connectivity index (χ4n) is 3.52. The number of aromatic amines is 1. The van der Waals surface area contributed by atoms with E-state index in [4.69, 9.17) is 4.74 Å². The number of aryl methyl sites for hydroxylation is 1. The standard InChI is InChI=1S/C25H19NO2S/c1-16-7-10-23-21(11-16)25(27)24(29-23)12-18-14-26-22-9-8-19(13-20(18)22)28-15-17-5-3-2-4-6-17/h2-14,26H,15H2,1H3. The van der Waals surface area contributed by atoms with Gasteiger partial charge in [0.05, 0.1) is 4.91 Å². The summed E-state index contributed by atoms with van der Waals surface area (Å²) < 4.78 is 5.97. The van der Waals surface area contributed by atoms with Crippen LogP contribution in [0.5, 0.6) is 5.75 Å². The average Bonchev–Trinajstić information content (AvgIpc) is 3.28. The molecule has 0 aliphatic carbocycles. The molecule has 0 atom stereocenters. The first kappa shape index (κ1) is 17.8. The lowest BCUT2D eigenvalue weighted by Crippen LogP contribution is -1.95. The van der Waals surface area contributed by atoms with Gasteiger partial charge in [0.25, 0.3) is 0 Å². The topological polar surface area (TPSA) is 42.1 Å². The molecule has 0 saturated carbocycles. The monoisotopic (exact) mass is 397 g/mol. The van der Waals surface area contributed by atoms with Crippen molar-refractivity contribution >= 4 is 34.5 Å². The maximum absolute atomic E-state index is 12.8. The van der Waals surface area contributed by atoms with Crippen LogP contribution in [-0.2, 0) is 6.61 Å². The number of allylic oxidation sites excluding steroid dienone is 1. The molecule has 0 amide bonds. The number of H-pyrrole nitrogens is 1. The van der Waals surface area contributed by atoms with Crippen molar-refractivity contribution in [3.63, 3.8) is 0 Å². The molecule has 5 rings (SSSR count). The Hall–Kier alpha value is -3.24. The molecule has 0 saturated heterocycles. The van der Waals surface area contributed by atoms with Gasteiger partial charge in [-0.05, 0) is 48.9 Å². The molecule has 29 heavy (non-hydrogen) atoms. The number of fused-ring (bicyclic) bond motifs is 2. The second kappa shape index (κ2) is 7.30. The van der Waals surface area contributed by atoms with Crippen molar-refractivity contribution < 1.29 is 9.53 Å². The summed E-state index contributed by atoms with van der Waals surface area (Å²) in [5, 5.41) is 1.04. The summed E-state index contributed by atoms with van der Waals surface area (Å²) in [7, 11) is 0. The summed E-state index contributed by atoms with van der Waals surface area (Å²) in [6, 6.07) is 22.2. The summed E-state index contributed by atoms with van der Waals surface area (Å²) in [6.07, 6.45) is 3.92. The first-order valence-electron chi connectivity index (χ1n) is 9.50. The smallest absolute Gasteiger partial charge is 0.200 e. The molecule has 0 unspecified atom stereocenters. The molecular weight excluding hydrogens is 378 g/mol. The fourth-order valence-corrected chi connectivity index (χ4v) is 4.54. The van der Waals surface area contributed by atoms with Crippen molar-refractivity contribution in [3.8, 4) is 5.75 Å². The minimum Gasteiger partial charge on any atom is -0.489 e. The highest BCUT2D eigenvalue weighted by atomic mass is 32.2. The number of ether oxygens (including phenoxy) is 1. The van der Waals surface area contributed by atoms with Crippen LogP contribution in [0.25, 0.3) is 17.0 Å². The fraction of sp³-hybridized carbons (Fsp3) is 0.0800. The third-order valence-electron chi connectivity index (χ3n) is 5.04. The van der Waals surface area contributed by atoms with Crippen LogP contribution in [0.15, 0.2) is 82.7 Å². The second-order valence-corrected chi connectivity index (χ2v) is 8.25. The summed E-state index contributed by atoms with van der Waals surface area (Å²) in [4.78, 5) is 17.9. The first-order valence-corrected chi connectivity index (χ1v) is 10.3.